The Morgan fingerprint density at radius 3 is 2.82 bits per heavy atom. The van der Waals surface area contributed by atoms with Crippen molar-refractivity contribution in [1.29, 1.82) is 0 Å². The maximum absolute atomic E-state index is 12.4. The van der Waals surface area contributed by atoms with Gasteiger partial charge in [0, 0.05) is 27.5 Å². The number of amides is 1. The van der Waals surface area contributed by atoms with E-state index in [-0.39, 0.29) is 5.91 Å². The fourth-order valence-corrected chi connectivity index (χ4v) is 3.45. The van der Waals surface area contributed by atoms with Crippen LogP contribution in [0.4, 0.5) is 5.82 Å². The first-order valence-corrected chi connectivity index (χ1v) is 8.65. The summed E-state index contributed by atoms with van der Waals surface area (Å²) in [7, 11) is 0. The van der Waals surface area contributed by atoms with Crippen molar-refractivity contribution in [2.75, 3.05) is 5.32 Å². The van der Waals surface area contributed by atoms with Gasteiger partial charge in [0.05, 0.1) is 11.4 Å². The van der Waals surface area contributed by atoms with Gasteiger partial charge in [0.15, 0.2) is 0 Å². The van der Waals surface area contributed by atoms with Crippen LogP contribution in [0.15, 0.2) is 24.3 Å². The summed E-state index contributed by atoms with van der Waals surface area (Å²) in [6.45, 7) is 5.70. The lowest BCUT2D eigenvalue weighted by Gasteiger charge is -2.19. The van der Waals surface area contributed by atoms with Gasteiger partial charge in [0.2, 0.25) is 5.91 Å². The molecule has 0 fully saturated rings. The number of hydrogen-bond donors (Lipinski definition) is 1. The van der Waals surface area contributed by atoms with E-state index in [4.69, 9.17) is 11.6 Å². The molecule has 0 aliphatic carbocycles. The van der Waals surface area contributed by atoms with Crippen molar-refractivity contribution >= 4 is 35.1 Å². The average molecular weight is 336 g/mol. The Balaban J connectivity index is 2.06. The van der Waals surface area contributed by atoms with Crippen LogP contribution >= 0.6 is 23.4 Å². The SMILES string of the molecule is CC(C)(C)C(=O)Nc1c2c(nn1-c1cccc(Cl)c1)CSC2. The first kappa shape index (κ1) is 15.4. The minimum Gasteiger partial charge on any atom is -0.310 e. The second-order valence-corrected chi connectivity index (χ2v) is 7.78. The number of thioether (sulfide) groups is 1. The highest BCUT2D eigenvalue weighted by Crippen LogP contribution is 2.36. The first-order valence-electron chi connectivity index (χ1n) is 7.12. The summed E-state index contributed by atoms with van der Waals surface area (Å²) < 4.78 is 1.79. The predicted octanol–water partition coefficient (Wildman–Crippen LogP) is 4.26. The number of anilines is 1. The van der Waals surface area contributed by atoms with Crippen LogP contribution in [0.3, 0.4) is 0 Å². The maximum atomic E-state index is 12.4. The Hall–Kier alpha value is -1.46. The highest BCUT2D eigenvalue weighted by Gasteiger charge is 2.28. The molecule has 0 spiro atoms. The van der Waals surface area contributed by atoms with Crippen molar-refractivity contribution in [3.8, 4) is 5.69 Å². The number of benzene rings is 1. The van der Waals surface area contributed by atoms with Crippen LogP contribution in [0.2, 0.25) is 5.02 Å². The van der Waals surface area contributed by atoms with E-state index in [9.17, 15) is 4.79 Å². The summed E-state index contributed by atoms with van der Waals surface area (Å²) in [5.41, 5.74) is 2.55. The summed E-state index contributed by atoms with van der Waals surface area (Å²) in [6.07, 6.45) is 0. The van der Waals surface area contributed by atoms with E-state index in [1.54, 1.807) is 4.68 Å². The third-order valence-electron chi connectivity index (χ3n) is 3.52. The molecule has 0 atom stereocenters. The van der Waals surface area contributed by atoms with Crippen molar-refractivity contribution in [1.82, 2.24) is 9.78 Å². The lowest BCUT2D eigenvalue weighted by atomic mass is 9.96. The second kappa shape index (κ2) is 5.63. The van der Waals surface area contributed by atoms with Gasteiger partial charge >= 0.3 is 0 Å². The van der Waals surface area contributed by atoms with Crippen LogP contribution in [0, 0.1) is 5.41 Å². The standard InChI is InChI=1S/C16H18ClN3OS/c1-16(2,3)15(21)18-14-12-8-22-9-13(12)19-20(14)11-6-4-5-10(17)7-11/h4-7H,8-9H2,1-3H3,(H,18,21). The molecule has 0 saturated heterocycles. The molecule has 2 aromatic rings. The Morgan fingerprint density at radius 1 is 1.36 bits per heavy atom. The van der Waals surface area contributed by atoms with Gasteiger partial charge in [-0.15, -0.1) is 0 Å². The van der Waals surface area contributed by atoms with E-state index < -0.39 is 5.41 Å². The predicted molar refractivity (Wildman–Crippen MR) is 91.7 cm³/mol. The Kier molecular flexibility index (Phi) is 3.95. The van der Waals surface area contributed by atoms with Crippen LogP contribution in [-0.4, -0.2) is 15.7 Å². The Labute approximate surface area is 139 Å². The molecule has 1 aliphatic heterocycles. The molecule has 0 radical (unpaired) electrons. The van der Waals surface area contributed by atoms with Crippen molar-refractivity contribution in [2.45, 2.75) is 32.3 Å². The number of nitrogens with one attached hydrogen (secondary N) is 1. The molecule has 1 N–H and O–H groups in total. The normalized spacial score (nSPS) is 14.0. The molecular weight excluding hydrogens is 318 g/mol. The number of rotatable bonds is 2. The summed E-state index contributed by atoms with van der Waals surface area (Å²) in [4.78, 5) is 12.4. The number of hydrogen-bond acceptors (Lipinski definition) is 3. The van der Waals surface area contributed by atoms with Crippen molar-refractivity contribution < 1.29 is 4.79 Å². The largest absolute Gasteiger partial charge is 0.310 e. The Morgan fingerprint density at radius 2 is 2.14 bits per heavy atom. The third-order valence-corrected chi connectivity index (χ3v) is 4.72. The maximum Gasteiger partial charge on any atom is 0.230 e. The van der Waals surface area contributed by atoms with E-state index in [1.807, 2.05) is 56.8 Å². The van der Waals surface area contributed by atoms with Gasteiger partial charge in [-0.2, -0.15) is 16.9 Å². The van der Waals surface area contributed by atoms with Gasteiger partial charge in [-0.3, -0.25) is 4.79 Å². The number of carbonyl (C=O) groups excluding carboxylic acids is 1. The van der Waals surface area contributed by atoms with Gasteiger partial charge in [0.25, 0.3) is 0 Å². The average Bonchev–Trinajstić information content (AvgIpc) is 3.00. The molecule has 6 heteroatoms. The molecular formula is C16H18ClN3OS. The molecule has 3 rings (SSSR count). The number of aromatic nitrogens is 2. The zero-order chi connectivity index (χ0) is 15.9. The summed E-state index contributed by atoms with van der Waals surface area (Å²) in [5.74, 6) is 2.49. The van der Waals surface area contributed by atoms with Gasteiger partial charge in [0.1, 0.15) is 5.82 Å². The molecule has 4 nitrogen and oxygen atoms in total. The van der Waals surface area contributed by atoms with Gasteiger partial charge in [-0.1, -0.05) is 38.4 Å². The van der Waals surface area contributed by atoms with Crippen molar-refractivity contribution in [2.24, 2.45) is 5.41 Å². The van der Waals surface area contributed by atoms with E-state index >= 15 is 0 Å². The van der Waals surface area contributed by atoms with Crippen LogP contribution in [0.1, 0.15) is 32.0 Å². The van der Waals surface area contributed by atoms with Gasteiger partial charge < -0.3 is 5.32 Å². The van der Waals surface area contributed by atoms with Crippen LogP contribution in [0.5, 0.6) is 0 Å². The highest BCUT2D eigenvalue weighted by molar-refractivity contribution is 7.98. The molecule has 1 amide bonds. The quantitative estimate of drug-likeness (QED) is 0.892. The number of fused-ring (bicyclic) bond motifs is 1. The van der Waals surface area contributed by atoms with E-state index in [0.717, 1.165) is 34.3 Å². The van der Waals surface area contributed by atoms with E-state index in [1.165, 1.54) is 0 Å². The van der Waals surface area contributed by atoms with E-state index in [2.05, 4.69) is 10.4 Å². The third kappa shape index (κ3) is 2.88. The smallest absolute Gasteiger partial charge is 0.230 e. The van der Waals surface area contributed by atoms with Crippen LogP contribution < -0.4 is 5.32 Å². The molecule has 0 bridgehead atoms. The molecule has 1 aliphatic rings. The molecule has 1 aromatic carbocycles. The van der Waals surface area contributed by atoms with Crippen LogP contribution in [0.25, 0.3) is 5.69 Å². The molecule has 0 unspecified atom stereocenters. The highest BCUT2D eigenvalue weighted by atomic mass is 35.5. The minimum atomic E-state index is -0.456. The number of nitrogens with zero attached hydrogens (tertiary/aromatic N) is 2. The molecule has 2 heterocycles. The lowest BCUT2D eigenvalue weighted by molar-refractivity contribution is -0.123. The van der Waals surface area contributed by atoms with Gasteiger partial charge in [-0.05, 0) is 18.2 Å². The fraction of sp³-hybridized carbons (Fsp3) is 0.375. The molecule has 0 saturated carbocycles. The number of halogens is 1. The second-order valence-electron chi connectivity index (χ2n) is 6.36. The van der Waals surface area contributed by atoms with Crippen molar-refractivity contribution in [3.05, 3.63) is 40.5 Å². The summed E-state index contributed by atoms with van der Waals surface area (Å²) in [6, 6.07) is 7.50. The molecule has 116 valence electrons. The van der Waals surface area contributed by atoms with Crippen molar-refractivity contribution in [3.63, 3.8) is 0 Å². The number of carbonyl (C=O) groups is 1. The molecule has 22 heavy (non-hydrogen) atoms. The minimum absolute atomic E-state index is 0.0182. The summed E-state index contributed by atoms with van der Waals surface area (Å²) >= 11 is 7.90. The zero-order valence-corrected chi connectivity index (χ0v) is 14.4. The van der Waals surface area contributed by atoms with Crippen LogP contribution in [-0.2, 0) is 16.3 Å². The Bertz CT molecular complexity index is 733. The topological polar surface area (TPSA) is 46.9 Å². The first-order chi connectivity index (χ1) is 10.4. The van der Waals surface area contributed by atoms with Gasteiger partial charge in [-0.25, -0.2) is 4.68 Å². The van der Waals surface area contributed by atoms with E-state index in [0.29, 0.717) is 5.02 Å². The summed E-state index contributed by atoms with van der Waals surface area (Å²) in [5, 5.41) is 8.36. The zero-order valence-electron chi connectivity index (χ0n) is 12.8. The monoisotopic (exact) mass is 335 g/mol. The molecule has 1 aromatic heterocycles. The lowest BCUT2D eigenvalue weighted by Crippen LogP contribution is -2.29. The fourth-order valence-electron chi connectivity index (χ4n) is 2.23.